The van der Waals surface area contributed by atoms with E-state index in [1.54, 1.807) is 19.1 Å². The normalized spacial score (nSPS) is 18.0. The monoisotopic (exact) mass is 368 g/mol. The van der Waals surface area contributed by atoms with Crippen LogP contribution >= 0.6 is 0 Å². The number of rotatable bonds is 4. The van der Waals surface area contributed by atoms with Gasteiger partial charge in [-0.3, -0.25) is 4.79 Å². The van der Waals surface area contributed by atoms with Gasteiger partial charge in [0.2, 0.25) is 0 Å². The molecular formula is C16H24N4O4S. The first kappa shape index (κ1) is 19.2. The summed E-state index contributed by atoms with van der Waals surface area (Å²) >= 11 is 0. The lowest BCUT2D eigenvalue weighted by molar-refractivity contribution is 0.100. The van der Waals surface area contributed by atoms with Crippen molar-refractivity contribution < 1.29 is 18.3 Å². The summed E-state index contributed by atoms with van der Waals surface area (Å²) in [5, 5.41) is 9.91. The van der Waals surface area contributed by atoms with Crippen LogP contribution in [0.25, 0.3) is 0 Å². The van der Waals surface area contributed by atoms with Crippen molar-refractivity contribution >= 4 is 27.4 Å². The molecule has 8 nitrogen and oxygen atoms in total. The number of benzene rings is 1. The quantitative estimate of drug-likeness (QED) is 0.503. The van der Waals surface area contributed by atoms with E-state index in [-0.39, 0.29) is 16.4 Å². The number of hydrogen-bond acceptors (Lipinski definition) is 5. The summed E-state index contributed by atoms with van der Waals surface area (Å²) in [4.78, 5) is 17.7. The molecule has 1 aromatic rings. The number of piperidine rings is 1. The number of amides is 1. The molecule has 9 heteroatoms. The Bertz CT molecular complexity index is 801. The van der Waals surface area contributed by atoms with Crippen LogP contribution in [0.15, 0.2) is 22.0 Å². The van der Waals surface area contributed by atoms with Crippen molar-refractivity contribution in [3.05, 3.63) is 23.3 Å². The van der Waals surface area contributed by atoms with Crippen LogP contribution in [0.2, 0.25) is 0 Å². The summed E-state index contributed by atoms with van der Waals surface area (Å²) in [5.41, 5.74) is 11.6. The van der Waals surface area contributed by atoms with Gasteiger partial charge in [-0.15, -0.1) is 0 Å². The number of anilines is 1. The zero-order chi connectivity index (χ0) is 18.8. The molecule has 0 spiro atoms. The topological polar surface area (TPSA) is 139 Å². The molecule has 25 heavy (non-hydrogen) atoms. The summed E-state index contributed by atoms with van der Waals surface area (Å²) in [6.45, 7) is 2.77. The fraction of sp³-hybridized carbons (Fsp3) is 0.500. The third-order valence-electron chi connectivity index (χ3n) is 4.16. The molecule has 1 amide bonds. The van der Waals surface area contributed by atoms with Crippen LogP contribution in [0.4, 0.5) is 5.69 Å². The average molecular weight is 368 g/mol. The van der Waals surface area contributed by atoms with E-state index in [0.717, 1.165) is 12.7 Å². The summed E-state index contributed by atoms with van der Waals surface area (Å²) in [6.07, 6.45) is 2.38. The largest absolute Gasteiger partial charge is 0.391 e. The van der Waals surface area contributed by atoms with Crippen molar-refractivity contribution in [2.75, 3.05) is 24.2 Å². The lowest BCUT2D eigenvalue weighted by Crippen LogP contribution is -2.39. The van der Waals surface area contributed by atoms with E-state index in [0.29, 0.717) is 37.2 Å². The Kier molecular flexibility index (Phi) is 5.69. The molecule has 1 unspecified atom stereocenters. The van der Waals surface area contributed by atoms with Gasteiger partial charge in [-0.05, 0) is 37.0 Å². The summed E-state index contributed by atoms with van der Waals surface area (Å²) in [6, 6.07) is 3.13. The highest BCUT2D eigenvalue weighted by Crippen LogP contribution is 2.33. The Morgan fingerprint density at radius 3 is 2.60 bits per heavy atom. The fourth-order valence-electron chi connectivity index (χ4n) is 3.18. The van der Waals surface area contributed by atoms with Crippen LogP contribution in [0.1, 0.15) is 35.7 Å². The first-order valence-corrected chi connectivity index (χ1v) is 9.97. The number of nitrogens with two attached hydrogens (primary N) is 2. The molecule has 1 fully saturated rings. The van der Waals surface area contributed by atoms with Gasteiger partial charge in [-0.2, -0.15) is 4.99 Å². The fourth-order valence-corrected chi connectivity index (χ4v) is 4.46. The van der Waals surface area contributed by atoms with E-state index in [9.17, 15) is 18.3 Å². The second kappa shape index (κ2) is 7.40. The van der Waals surface area contributed by atoms with Gasteiger partial charge in [0.1, 0.15) is 0 Å². The van der Waals surface area contributed by atoms with E-state index in [4.69, 9.17) is 11.5 Å². The third-order valence-corrected chi connectivity index (χ3v) is 5.36. The Morgan fingerprint density at radius 2 is 2.08 bits per heavy atom. The zero-order valence-electron chi connectivity index (χ0n) is 14.4. The van der Waals surface area contributed by atoms with Gasteiger partial charge < -0.3 is 21.5 Å². The van der Waals surface area contributed by atoms with Crippen molar-refractivity contribution in [2.45, 2.75) is 37.2 Å². The minimum Gasteiger partial charge on any atom is -0.391 e. The molecule has 0 saturated carbocycles. The average Bonchev–Trinajstić information content (AvgIpc) is 2.51. The number of sulfone groups is 1. The molecule has 1 aromatic carbocycles. The highest BCUT2D eigenvalue weighted by molar-refractivity contribution is 7.91. The number of aliphatic hydroxyl groups is 1. The highest BCUT2D eigenvalue weighted by Gasteiger charge is 2.28. The minimum absolute atomic E-state index is 0.0979. The van der Waals surface area contributed by atoms with E-state index < -0.39 is 21.8 Å². The second-order valence-corrected chi connectivity index (χ2v) is 8.10. The molecular weight excluding hydrogens is 344 g/mol. The minimum atomic E-state index is -3.61. The van der Waals surface area contributed by atoms with Crippen molar-refractivity contribution in [2.24, 2.45) is 16.5 Å². The maximum Gasteiger partial charge on any atom is 0.280 e. The van der Waals surface area contributed by atoms with Crippen LogP contribution in [0, 0.1) is 0 Å². The SMILES string of the molecule is CCc1c(C(=O)N=C(N)N)ccc(N2CCCC(O)C2)c1S(C)(=O)=O. The van der Waals surface area contributed by atoms with Crippen LogP contribution in [0.3, 0.4) is 0 Å². The van der Waals surface area contributed by atoms with Crippen molar-refractivity contribution in [3.63, 3.8) is 0 Å². The lowest BCUT2D eigenvalue weighted by atomic mass is 10.0. The second-order valence-electron chi connectivity index (χ2n) is 6.15. The Morgan fingerprint density at radius 1 is 1.40 bits per heavy atom. The number of aliphatic imine (C=N–C) groups is 1. The maximum atomic E-state index is 12.5. The Labute approximate surface area is 147 Å². The van der Waals surface area contributed by atoms with Crippen molar-refractivity contribution in [1.82, 2.24) is 0 Å². The number of β-amino-alcohol motifs (C(OH)–C–C–N with tert-alkyl or cyclic N) is 1. The number of hydrogen-bond donors (Lipinski definition) is 3. The summed E-state index contributed by atoms with van der Waals surface area (Å²) in [7, 11) is -3.61. The first-order chi connectivity index (χ1) is 11.6. The Balaban J connectivity index is 2.66. The molecule has 138 valence electrons. The molecule has 1 aliphatic heterocycles. The van der Waals surface area contributed by atoms with Crippen molar-refractivity contribution in [1.29, 1.82) is 0 Å². The van der Waals surface area contributed by atoms with Gasteiger partial charge >= 0.3 is 0 Å². The molecule has 5 N–H and O–H groups in total. The maximum absolute atomic E-state index is 12.5. The van der Waals surface area contributed by atoms with Crippen LogP contribution < -0.4 is 16.4 Å². The molecule has 0 radical (unpaired) electrons. The van der Waals surface area contributed by atoms with Gasteiger partial charge in [0, 0.05) is 24.9 Å². The predicted molar refractivity (Wildman–Crippen MR) is 96.5 cm³/mol. The molecule has 1 aliphatic rings. The standard InChI is InChI=1S/C16H24N4O4S/c1-3-11-12(15(22)19-16(17)18)6-7-13(14(11)25(2,23)24)20-8-4-5-10(21)9-20/h6-7,10,21H,3-5,8-9H2,1-2H3,(H4,17,18,19,22). The van der Waals surface area contributed by atoms with Gasteiger partial charge in [0.05, 0.1) is 16.7 Å². The van der Waals surface area contributed by atoms with Gasteiger partial charge in [-0.1, -0.05) is 6.92 Å². The highest BCUT2D eigenvalue weighted by atomic mass is 32.2. The van der Waals surface area contributed by atoms with E-state index in [1.807, 2.05) is 4.90 Å². The molecule has 2 rings (SSSR count). The number of guanidine groups is 1. The molecule has 1 atom stereocenters. The number of carbonyl (C=O) groups excluding carboxylic acids is 1. The van der Waals surface area contributed by atoms with Gasteiger partial charge in [-0.25, -0.2) is 8.42 Å². The van der Waals surface area contributed by atoms with Crippen LogP contribution in [-0.4, -0.2) is 50.8 Å². The third kappa shape index (κ3) is 4.29. The molecule has 1 saturated heterocycles. The number of nitrogens with zero attached hydrogens (tertiary/aromatic N) is 2. The Hall–Kier alpha value is -2.13. The van der Waals surface area contributed by atoms with Crippen LogP contribution in [-0.2, 0) is 16.3 Å². The van der Waals surface area contributed by atoms with E-state index >= 15 is 0 Å². The molecule has 1 heterocycles. The zero-order valence-corrected chi connectivity index (χ0v) is 15.2. The molecule has 0 aliphatic carbocycles. The van der Waals surface area contributed by atoms with E-state index in [2.05, 4.69) is 4.99 Å². The predicted octanol–water partition coefficient (Wildman–Crippen LogP) is 0.0272. The smallest absolute Gasteiger partial charge is 0.280 e. The molecule has 0 bridgehead atoms. The van der Waals surface area contributed by atoms with Crippen molar-refractivity contribution in [3.8, 4) is 0 Å². The van der Waals surface area contributed by atoms with Gasteiger partial charge in [0.15, 0.2) is 15.8 Å². The molecule has 0 aromatic heterocycles. The van der Waals surface area contributed by atoms with Crippen LogP contribution in [0.5, 0.6) is 0 Å². The summed E-state index contributed by atoms with van der Waals surface area (Å²) < 4.78 is 24.9. The van der Waals surface area contributed by atoms with E-state index in [1.165, 1.54) is 0 Å². The lowest BCUT2D eigenvalue weighted by Gasteiger charge is -2.33. The first-order valence-electron chi connectivity index (χ1n) is 8.08. The summed E-state index contributed by atoms with van der Waals surface area (Å²) in [5.74, 6) is -1.05. The van der Waals surface area contributed by atoms with Gasteiger partial charge in [0.25, 0.3) is 5.91 Å². The number of carbonyl (C=O) groups is 1. The number of aliphatic hydroxyl groups excluding tert-OH is 1.